The van der Waals surface area contributed by atoms with Crippen molar-refractivity contribution in [2.75, 3.05) is 11.9 Å². The molecular formula is C11H12Cl2N2O4. The summed E-state index contributed by atoms with van der Waals surface area (Å²) in [7, 11) is 0. The van der Waals surface area contributed by atoms with Gasteiger partial charge in [-0.15, -0.1) is 0 Å². The Hall–Kier alpha value is -1.50. The molecule has 4 N–H and O–H groups in total. The van der Waals surface area contributed by atoms with Gasteiger partial charge in [-0.3, -0.25) is 0 Å². The topological polar surface area (TPSA) is 98.7 Å². The van der Waals surface area contributed by atoms with Gasteiger partial charge >= 0.3 is 12.0 Å². The molecule has 0 heterocycles. The minimum Gasteiger partial charge on any atom is -0.479 e. The number of nitrogens with one attached hydrogen (secondary N) is 2. The van der Waals surface area contributed by atoms with Crippen molar-refractivity contribution in [2.24, 2.45) is 0 Å². The molecule has 0 aliphatic heterocycles. The second-order valence-electron chi connectivity index (χ2n) is 3.65. The minimum atomic E-state index is -1.50. The maximum atomic E-state index is 11.4. The third-order valence-electron chi connectivity index (χ3n) is 2.17. The molecule has 6 nitrogen and oxygen atoms in total. The summed E-state index contributed by atoms with van der Waals surface area (Å²) >= 11 is 11.5. The number of halogens is 2. The van der Waals surface area contributed by atoms with Crippen molar-refractivity contribution in [1.82, 2.24) is 5.32 Å². The number of benzene rings is 1. The molecule has 2 amide bonds. The molecule has 0 saturated heterocycles. The number of urea groups is 1. The van der Waals surface area contributed by atoms with Crippen LogP contribution in [-0.4, -0.2) is 34.9 Å². The second-order valence-corrected chi connectivity index (χ2v) is 4.47. The summed E-state index contributed by atoms with van der Waals surface area (Å²) in [5.41, 5.74) is 0.450. The summed E-state index contributed by atoms with van der Waals surface area (Å²) < 4.78 is 0. The Morgan fingerprint density at radius 3 is 2.53 bits per heavy atom. The molecule has 0 fully saturated rings. The highest BCUT2D eigenvalue weighted by Gasteiger charge is 2.12. The number of aliphatic carboxylic acids is 1. The number of rotatable bonds is 5. The molecule has 19 heavy (non-hydrogen) atoms. The number of carbonyl (C=O) groups excluding carboxylic acids is 1. The van der Waals surface area contributed by atoms with E-state index < -0.39 is 18.1 Å². The number of carboxylic acids is 1. The Kier molecular flexibility index (Phi) is 5.88. The van der Waals surface area contributed by atoms with Crippen LogP contribution in [-0.2, 0) is 4.79 Å². The third-order valence-corrected chi connectivity index (χ3v) is 2.90. The van der Waals surface area contributed by atoms with Gasteiger partial charge in [0.2, 0.25) is 0 Å². The Labute approximate surface area is 119 Å². The zero-order chi connectivity index (χ0) is 14.4. The number of aliphatic hydroxyl groups excluding tert-OH is 1. The van der Waals surface area contributed by atoms with Crippen LogP contribution in [0.1, 0.15) is 6.42 Å². The number of hydrogen-bond acceptors (Lipinski definition) is 3. The zero-order valence-electron chi connectivity index (χ0n) is 9.69. The highest BCUT2D eigenvalue weighted by Crippen LogP contribution is 2.24. The molecular weight excluding hydrogens is 295 g/mol. The molecule has 0 spiro atoms. The van der Waals surface area contributed by atoms with E-state index in [9.17, 15) is 9.59 Å². The van der Waals surface area contributed by atoms with Gasteiger partial charge in [0.25, 0.3) is 0 Å². The Morgan fingerprint density at radius 2 is 1.95 bits per heavy atom. The fourth-order valence-electron chi connectivity index (χ4n) is 1.20. The van der Waals surface area contributed by atoms with Gasteiger partial charge in [0, 0.05) is 18.7 Å². The Bertz CT molecular complexity index is 482. The lowest BCUT2D eigenvalue weighted by Gasteiger charge is -2.09. The van der Waals surface area contributed by atoms with Crippen molar-refractivity contribution >= 4 is 40.9 Å². The zero-order valence-corrected chi connectivity index (χ0v) is 11.2. The first kappa shape index (κ1) is 15.6. The molecule has 1 rings (SSSR count). The monoisotopic (exact) mass is 306 g/mol. The van der Waals surface area contributed by atoms with Crippen LogP contribution < -0.4 is 10.6 Å². The highest BCUT2D eigenvalue weighted by atomic mass is 35.5. The van der Waals surface area contributed by atoms with Gasteiger partial charge < -0.3 is 20.8 Å². The lowest BCUT2D eigenvalue weighted by Crippen LogP contribution is -2.33. The predicted molar refractivity (Wildman–Crippen MR) is 71.7 cm³/mol. The highest BCUT2D eigenvalue weighted by molar-refractivity contribution is 6.42. The number of hydrogen-bond donors (Lipinski definition) is 4. The average molecular weight is 307 g/mol. The van der Waals surface area contributed by atoms with E-state index in [4.69, 9.17) is 33.4 Å². The van der Waals surface area contributed by atoms with Crippen LogP contribution in [0.4, 0.5) is 10.5 Å². The summed E-state index contributed by atoms with van der Waals surface area (Å²) in [5.74, 6) is -1.33. The van der Waals surface area contributed by atoms with Crippen molar-refractivity contribution in [3.63, 3.8) is 0 Å². The van der Waals surface area contributed by atoms with Crippen LogP contribution >= 0.6 is 23.2 Å². The van der Waals surface area contributed by atoms with Crippen LogP contribution in [0.15, 0.2) is 18.2 Å². The lowest BCUT2D eigenvalue weighted by molar-refractivity contribution is -0.146. The van der Waals surface area contributed by atoms with Gasteiger partial charge in [-0.2, -0.15) is 0 Å². The minimum absolute atomic E-state index is 0.0284. The van der Waals surface area contributed by atoms with E-state index >= 15 is 0 Å². The molecule has 0 aromatic heterocycles. The fraction of sp³-hybridized carbons (Fsp3) is 0.273. The summed E-state index contributed by atoms with van der Waals surface area (Å²) in [5, 5.41) is 23.0. The average Bonchev–Trinajstić information content (AvgIpc) is 2.33. The number of aliphatic hydroxyl groups is 1. The maximum Gasteiger partial charge on any atom is 0.332 e. The molecule has 1 atom stereocenters. The van der Waals surface area contributed by atoms with Gasteiger partial charge in [-0.05, 0) is 18.2 Å². The summed E-state index contributed by atoms with van der Waals surface area (Å²) in [6.07, 6.45) is -1.57. The first-order valence-corrected chi connectivity index (χ1v) is 6.06. The number of amides is 2. The predicted octanol–water partition coefficient (Wildman–Crippen LogP) is 1.95. The van der Waals surface area contributed by atoms with Crippen LogP contribution in [0.5, 0.6) is 0 Å². The van der Waals surface area contributed by atoms with E-state index in [1.54, 1.807) is 6.07 Å². The van der Waals surface area contributed by atoms with Crippen molar-refractivity contribution in [3.05, 3.63) is 28.2 Å². The van der Waals surface area contributed by atoms with E-state index in [0.717, 1.165) is 0 Å². The third kappa shape index (κ3) is 5.34. The molecule has 0 bridgehead atoms. The fourth-order valence-corrected chi connectivity index (χ4v) is 1.49. The SMILES string of the molecule is O=C(NCC[C@H](O)C(=O)O)Nc1ccc(Cl)c(Cl)c1. The van der Waals surface area contributed by atoms with Gasteiger partial charge in [0.05, 0.1) is 10.0 Å². The molecule has 0 saturated carbocycles. The van der Waals surface area contributed by atoms with Gasteiger partial charge in [-0.1, -0.05) is 23.2 Å². The normalized spacial score (nSPS) is 11.7. The molecule has 0 aliphatic carbocycles. The van der Waals surface area contributed by atoms with E-state index in [2.05, 4.69) is 10.6 Å². The van der Waals surface area contributed by atoms with Gasteiger partial charge in [0.1, 0.15) is 0 Å². The van der Waals surface area contributed by atoms with Crippen LogP contribution in [0, 0.1) is 0 Å². The Morgan fingerprint density at radius 1 is 1.26 bits per heavy atom. The van der Waals surface area contributed by atoms with Gasteiger partial charge in [-0.25, -0.2) is 9.59 Å². The van der Waals surface area contributed by atoms with E-state index in [1.807, 2.05) is 0 Å². The number of anilines is 1. The van der Waals surface area contributed by atoms with E-state index in [-0.39, 0.29) is 13.0 Å². The molecule has 0 radical (unpaired) electrons. The first-order valence-electron chi connectivity index (χ1n) is 5.31. The molecule has 104 valence electrons. The second kappa shape index (κ2) is 7.18. The smallest absolute Gasteiger partial charge is 0.332 e. The van der Waals surface area contributed by atoms with Crippen LogP contribution in [0.3, 0.4) is 0 Å². The standard InChI is InChI=1S/C11H12Cl2N2O4/c12-7-2-1-6(5-8(7)13)15-11(19)14-4-3-9(16)10(17)18/h1-2,5,9,16H,3-4H2,(H,17,18)(H2,14,15,19)/t9-/m0/s1. The quantitative estimate of drug-likeness (QED) is 0.668. The van der Waals surface area contributed by atoms with E-state index in [1.165, 1.54) is 12.1 Å². The summed E-state index contributed by atoms with van der Waals surface area (Å²) in [4.78, 5) is 21.8. The largest absolute Gasteiger partial charge is 0.479 e. The molecule has 0 aliphatic rings. The van der Waals surface area contributed by atoms with Gasteiger partial charge in [0.15, 0.2) is 6.10 Å². The van der Waals surface area contributed by atoms with Crippen molar-refractivity contribution < 1.29 is 19.8 Å². The number of carboxylic acid groups (broad SMARTS) is 1. The van der Waals surface area contributed by atoms with Crippen molar-refractivity contribution in [2.45, 2.75) is 12.5 Å². The van der Waals surface area contributed by atoms with Crippen LogP contribution in [0.25, 0.3) is 0 Å². The molecule has 1 aromatic rings. The van der Waals surface area contributed by atoms with E-state index in [0.29, 0.717) is 15.7 Å². The van der Waals surface area contributed by atoms with Crippen LogP contribution in [0.2, 0.25) is 10.0 Å². The lowest BCUT2D eigenvalue weighted by atomic mass is 10.2. The maximum absolute atomic E-state index is 11.4. The summed E-state index contributed by atoms with van der Waals surface area (Å²) in [6.45, 7) is 0.0284. The summed E-state index contributed by atoms with van der Waals surface area (Å²) in [6, 6.07) is 4.05. The van der Waals surface area contributed by atoms with Crippen molar-refractivity contribution in [1.29, 1.82) is 0 Å². The number of carbonyl (C=O) groups is 2. The first-order chi connectivity index (χ1) is 8.90. The Balaban J connectivity index is 2.39. The molecule has 0 unspecified atom stereocenters. The van der Waals surface area contributed by atoms with Crippen molar-refractivity contribution in [3.8, 4) is 0 Å². The molecule has 1 aromatic carbocycles. The molecule has 8 heteroatoms.